The van der Waals surface area contributed by atoms with Gasteiger partial charge in [-0.1, -0.05) is 51.5 Å². The minimum absolute atomic E-state index is 0.138. The van der Waals surface area contributed by atoms with E-state index in [-0.39, 0.29) is 11.4 Å². The first-order valence-corrected chi connectivity index (χ1v) is 15.0. The summed E-state index contributed by atoms with van der Waals surface area (Å²) >= 11 is 0. The number of allylic oxidation sites excluding steroid dienone is 2. The Morgan fingerprint density at radius 1 is 1.00 bits per heavy atom. The maximum atomic E-state index is 13.8. The van der Waals surface area contributed by atoms with Crippen LogP contribution in [0.3, 0.4) is 0 Å². The zero-order valence-corrected chi connectivity index (χ0v) is 23.9. The SMILES string of the molecule is CCc1ccc(F)cc1CN(CCCCCCCCCCc1cnc(C2C(C(F)F)=CC(F)=CN2C)[nH]1)C1CC1. The van der Waals surface area contributed by atoms with E-state index >= 15 is 0 Å². The van der Waals surface area contributed by atoms with Gasteiger partial charge < -0.3 is 9.88 Å². The zero-order valence-electron chi connectivity index (χ0n) is 23.9. The highest BCUT2D eigenvalue weighted by Gasteiger charge is 2.32. The van der Waals surface area contributed by atoms with E-state index in [1.54, 1.807) is 25.4 Å². The van der Waals surface area contributed by atoms with Crippen LogP contribution in [-0.4, -0.2) is 45.8 Å². The smallest absolute Gasteiger partial charge is 0.262 e. The highest BCUT2D eigenvalue weighted by molar-refractivity contribution is 5.32. The second-order valence-corrected chi connectivity index (χ2v) is 11.4. The number of benzene rings is 1. The molecule has 1 fully saturated rings. The van der Waals surface area contributed by atoms with Gasteiger partial charge in [-0.25, -0.2) is 22.5 Å². The van der Waals surface area contributed by atoms with Gasteiger partial charge >= 0.3 is 0 Å². The summed E-state index contributed by atoms with van der Waals surface area (Å²) < 4.78 is 54.4. The fourth-order valence-corrected chi connectivity index (χ4v) is 5.78. The van der Waals surface area contributed by atoms with Crippen LogP contribution < -0.4 is 0 Å². The van der Waals surface area contributed by atoms with Crippen molar-refractivity contribution < 1.29 is 17.6 Å². The van der Waals surface area contributed by atoms with Gasteiger partial charge in [0.1, 0.15) is 23.5 Å². The standard InChI is InChI=1S/C32H44F4N4/c1-3-23-13-14-25(33)18-24(23)21-40(28-15-16-28)17-11-9-7-5-4-6-8-10-12-27-20-37-32(38-27)30-29(31(35)36)19-26(34)22-39(30)2/h13-14,18-20,22,28,30-31H,3-12,15-17,21H2,1-2H3,(H,37,38). The molecule has 1 aliphatic heterocycles. The van der Waals surface area contributed by atoms with E-state index in [1.807, 2.05) is 6.07 Å². The van der Waals surface area contributed by atoms with Crippen molar-refractivity contribution in [3.8, 4) is 0 Å². The molecule has 0 saturated heterocycles. The summed E-state index contributed by atoms with van der Waals surface area (Å²) in [6.07, 6.45) is 14.8. The van der Waals surface area contributed by atoms with Gasteiger partial charge in [0.2, 0.25) is 0 Å². The van der Waals surface area contributed by atoms with Gasteiger partial charge in [-0.3, -0.25) is 4.90 Å². The van der Waals surface area contributed by atoms with Crippen LogP contribution >= 0.6 is 0 Å². The number of nitrogens with one attached hydrogen (secondary N) is 1. The van der Waals surface area contributed by atoms with E-state index in [9.17, 15) is 17.6 Å². The Hall–Kier alpha value is -2.61. The molecule has 1 aliphatic carbocycles. The second kappa shape index (κ2) is 14.9. The number of likely N-dealkylation sites (N-methyl/N-ethyl adjacent to an activating group) is 1. The summed E-state index contributed by atoms with van der Waals surface area (Å²) in [6, 6.07) is 5.11. The molecule has 2 heterocycles. The fraction of sp³-hybridized carbons (Fsp3) is 0.594. The van der Waals surface area contributed by atoms with Gasteiger partial charge in [0.05, 0.1) is 0 Å². The van der Waals surface area contributed by atoms with Gasteiger partial charge in [0, 0.05) is 43.3 Å². The number of hydrogen-bond donors (Lipinski definition) is 1. The van der Waals surface area contributed by atoms with Gasteiger partial charge in [0.15, 0.2) is 0 Å². The number of H-pyrrole nitrogens is 1. The minimum Gasteiger partial charge on any atom is -0.364 e. The average Bonchev–Trinajstić information content (AvgIpc) is 3.67. The van der Waals surface area contributed by atoms with Crippen LogP contribution in [0.4, 0.5) is 17.6 Å². The summed E-state index contributed by atoms with van der Waals surface area (Å²) in [5.41, 5.74) is 3.05. The van der Waals surface area contributed by atoms with Crippen molar-refractivity contribution in [1.29, 1.82) is 0 Å². The number of unbranched alkanes of at least 4 members (excludes halogenated alkanes) is 7. The number of aryl methyl sites for hydroxylation is 2. The van der Waals surface area contributed by atoms with Gasteiger partial charge in [-0.05, 0) is 74.4 Å². The maximum Gasteiger partial charge on any atom is 0.262 e. The van der Waals surface area contributed by atoms with E-state index in [2.05, 4.69) is 21.8 Å². The topological polar surface area (TPSA) is 35.2 Å². The van der Waals surface area contributed by atoms with Gasteiger partial charge in [-0.15, -0.1) is 0 Å². The molecule has 1 unspecified atom stereocenters. The van der Waals surface area contributed by atoms with Crippen molar-refractivity contribution in [3.05, 3.63) is 76.5 Å². The number of alkyl halides is 2. The Labute approximate surface area is 236 Å². The first kappa shape index (κ1) is 30.4. The normalized spacial score (nSPS) is 17.6. The van der Waals surface area contributed by atoms with E-state index < -0.39 is 18.3 Å². The molecule has 4 nitrogen and oxygen atoms in total. The molecule has 40 heavy (non-hydrogen) atoms. The number of aromatic nitrogens is 2. The average molecular weight is 561 g/mol. The molecule has 0 amide bonds. The molecule has 1 aromatic heterocycles. The van der Waals surface area contributed by atoms with Crippen LogP contribution in [0.5, 0.6) is 0 Å². The summed E-state index contributed by atoms with van der Waals surface area (Å²) in [5, 5.41) is 0. The molecular formula is C32H44F4N4. The Morgan fingerprint density at radius 3 is 2.38 bits per heavy atom. The lowest BCUT2D eigenvalue weighted by Gasteiger charge is -2.30. The molecule has 1 aromatic carbocycles. The van der Waals surface area contributed by atoms with E-state index in [0.29, 0.717) is 11.9 Å². The van der Waals surface area contributed by atoms with Crippen LogP contribution in [0.25, 0.3) is 0 Å². The molecule has 8 heteroatoms. The number of nitrogens with zero attached hydrogens (tertiary/aromatic N) is 3. The third-order valence-electron chi connectivity index (χ3n) is 8.14. The molecule has 0 radical (unpaired) electrons. The van der Waals surface area contributed by atoms with Gasteiger partial charge in [-0.2, -0.15) is 0 Å². The van der Waals surface area contributed by atoms with Crippen LogP contribution in [0.2, 0.25) is 0 Å². The molecule has 2 aromatic rings. The Balaban J connectivity index is 1.08. The predicted octanol–water partition coefficient (Wildman–Crippen LogP) is 8.43. The Bertz CT molecular complexity index is 1140. The molecule has 1 saturated carbocycles. The number of hydrogen-bond acceptors (Lipinski definition) is 3. The lowest BCUT2D eigenvalue weighted by Crippen LogP contribution is -2.28. The lowest BCUT2D eigenvalue weighted by atomic mass is 10.0. The molecule has 1 N–H and O–H groups in total. The zero-order chi connectivity index (χ0) is 28.5. The monoisotopic (exact) mass is 560 g/mol. The highest BCUT2D eigenvalue weighted by atomic mass is 19.3. The number of halogens is 4. The van der Waals surface area contributed by atoms with Crippen molar-refractivity contribution in [2.75, 3.05) is 13.6 Å². The third kappa shape index (κ3) is 8.69. The number of aromatic amines is 1. The molecule has 0 bridgehead atoms. The van der Waals surface area contributed by atoms with Crippen molar-refractivity contribution in [2.45, 2.75) is 109 Å². The minimum atomic E-state index is -2.74. The molecule has 4 rings (SSSR count). The van der Waals surface area contributed by atoms with E-state index in [4.69, 9.17) is 0 Å². The molecular weight excluding hydrogens is 516 g/mol. The summed E-state index contributed by atoms with van der Waals surface area (Å²) in [4.78, 5) is 11.5. The molecule has 220 valence electrons. The van der Waals surface area contributed by atoms with Crippen molar-refractivity contribution in [1.82, 2.24) is 19.8 Å². The predicted molar refractivity (Wildman–Crippen MR) is 152 cm³/mol. The largest absolute Gasteiger partial charge is 0.364 e. The van der Waals surface area contributed by atoms with Crippen molar-refractivity contribution in [2.24, 2.45) is 0 Å². The summed E-state index contributed by atoms with van der Waals surface area (Å²) in [5.74, 6) is -0.386. The van der Waals surface area contributed by atoms with Crippen molar-refractivity contribution in [3.63, 3.8) is 0 Å². The van der Waals surface area contributed by atoms with Gasteiger partial charge in [0.25, 0.3) is 6.43 Å². The molecule has 2 aliphatic rings. The van der Waals surface area contributed by atoms with Crippen LogP contribution in [0.1, 0.15) is 99.8 Å². The molecule has 0 spiro atoms. The lowest BCUT2D eigenvalue weighted by molar-refractivity contribution is 0.160. The maximum absolute atomic E-state index is 13.8. The summed E-state index contributed by atoms with van der Waals surface area (Å²) in [6.45, 7) is 4.09. The second-order valence-electron chi connectivity index (χ2n) is 11.4. The van der Waals surface area contributed by atoms with Crippen LogP contribution in [-0.2, 0) is 19.4 Å². The number of rotatable bonds is 17. The fourth-order valence-electron chi connectivity index (χ4n) is 5.78. The van der Waals surface area contributed by atoms with E-state index in [1.165, 1.54) is 68.0 Å². The first-order chi connectivity index (χ1) is 19.4. The Morgan fingerprint density at radius 2 is 1.70 bits per heavy atom. The summed E-state index contributed by atoms with van der Waals surface area (Å²) in [7, 11) is 1.58. The first-order valence-electron chi connectivity index (χ1n) is 15.0. The highest BCUT2D eigenvalue weighted by Crippen LogP contribution is 2.35. The quantitative estimate of drug-likeness (QED) is 0.156. The number of imidazole rings is 1. The third-order valence-corrected chi connectivity index (χ3v) is 8.14. The van der Waals surface area contributed by atoms with Crippen molar-refractivity contribution >= 4 is 0 Å². The molecule has 1 atom stereocenters. The van der Waals surface area contributed by atoms with Crippen LogP contribution in [0, 0.1) is 5.82 Å². The van der Waals surface area contributed by atoms with Crippen LogP contribution in [0.15, 0.2) is 48.1 Å². The Kier molecular flexibility index (Phi) is 11.3. The van der Waals surface area contributed by atoms with E-state index in [0.717, 1.165) is 56.1 Å².